The summed E-state index contributed by atoms with van der Waals surface area (Å²) in [6.45, 7) is 10.2. The fourth-order valence-electron chi connectivity index (χ4n) is 2.37. The van der Waals surface area contributed by atoms with Gasteiger partial charge in [-0.3, -0.25) is 4.90 Å². The minimum absolute atomic E-state index is 0.118. The molecule has 0 aromatic heterocycles. The molecule has 160 valence electrons. The Kier molecular flexibility index (Phi) is 6.29. The summed E-state index contributed by atoms with van der Waals surface area (Å²) >= 11 is 1.29. The maximum absolute atomic E-state index is 12.5. The first-order chi connectivity index (χ1) is 13.1. The van der Waals surface area contributed by atoms with E-state index in [1.165, 1.54) is 28.8 Å². The molecule has 1 aromatic rings. The lowest BCUT2D eigenvalue weighted by molar-refractivity contribution is 0.0588. The van der Waals surface area contributed by atoms with Gasteiger partial charge in [0.2, 0.25) is 10.0 Å². The van der Waals surface area contributed by atoms with Crippen molar-refractivity contribution in [2.24, 2.45) is 0 Å². The SMILES string of the molecule is CC(C)(C)OC(=O)N1C=CSc2cc(N(C(=O)OC(C)(C)C)S(C)(=O)=O)ccc21. The van der Waals surface area contributed by atoms with Crippen LogP contribution in [0.25, 0.3) is 0 Å². The Hall–Kier alpha value is -2.20. The van der Waals surface area contributed by atoms with Gasteiger partial charge in [0.25, 0.3) is 0 Å². The van der Waals surface area contributed by atoms with E-state index in [1.807, 2.05) is 0 Å². The van der Waals surface area contributed by atoms with Crippen molar-refractivity contribution in [2.45, 2.75) is 57.6 Å². The molecule has 10 heteroatoms. The normalized spacial score (nSPS) is 14.2. The summed E-state index contributed by atoms with van der Waals surface area (Å²) in [6, 6.07) is 4.53. The lowest BCUT2D eigenvalue weighted by Crippen LogP contribution is -2.40. The van der Waals surface area contributed by atoms with Gasteiger partial charge >= 0.3 is 12.2 Å². The predicted molar refractivity (Wildman–Crippen MR) is 114 cm³/mol. The highest BCUT2D eigenvalue weighted by Gasteiger charge is 2.32. The van der Waals surface area contributed by atoms with Gasteiger partial charge in [-0.1, -0.05) is 11.8 Å². The monoisotopic (exact) mass is 442 g/mol. The van der Waals surface area contributed by atoms with Gasteiger partial charge in [-0.2, -0.15) is 4.31 Å². The Morgan fingerprint density at radius 2 is 1.62 bits per heavy atom. The number of amides is 2. The smallest absolute Gasteiger partial charge is 0.428 e. The van der Waals surface area contributed by atoms with Gasteiger partial charge in [-0.15, -0.1) is 0 Å². The van der Waals surface area contributed by atoms with Crippen LogP contribution in [0.1, 0.15) is 41.5 Å². The predicted octanol–water partition coefficient (Wildman–Crippen LogP) is 4.71. The Morgan fingerprint density at radius 1 is 1.03 bits per heavy atom. The van der Waals surface area contributed by atoms with E-state index < -0.39 is 33.4 Å². The first-order valence-electron chi connectivity index (χ1n) is 8.81. The standard InChI is InChI=1S/C19H26N2O6S2/c1-18(2,3)26-16(22)20-10-11-28-15-12-13(8-9-14(15)20)21(29(7,24)25)17(23)27-19(4,5)6/h8-12H,1-7H3. The molecular weight excluding hydrogens is 416 g/mol. The third kappa shape index (κ3) is 6.14. The van der Waals surface area contributed by atoms with Gasteiger partial charge in [-0.25, -0.2) is 18.0 Å². The largest absolute Gasteiger partial charge is 0.443 e. The van der Waals surface area contributed by atoms with Crippen LogP contribution in [-0.2, 0) is 19.5 Å². The molecule has 2 rings (SSSR count). The number of sulfonamides is 1. The summed E-state index contributed by atoms with van der Waals surface area (Å²) < 4.78 is 35.8. The van der Waals surface area contributed by atoms with Gasteiger partial charge in [0.15, 0.2) is 0 Å². The third-order valence-electron chi connectivity index (χ3n) is 3.32. The van der Waals surface area contributed by atoms with E-state index in [-0.39, 0.29) is 5.69 Å². The number of ether oxygens (including phenoxy) is 2. The molecule has 29 heavy (non-hydrogen) atoms. The minimum Gasteiger partial charge on any atom is -0.443 e. The van der Waals surface area contributed by atoms with Crippen LogP contribution >= 0.6 is 11.8 Å². The average Bonchev–Trinajstić information content (AvgIpc) is 2.49. The molecule has 0 spiro atoms. The second-order valence-corrected chi connectivity index (χ2v) is 11.2. The molecule has 1 heterocycles. The molecular formula is C19H26N2O6S2. The molecule has 0 saturated heterocycles. The number of rotatable bonds is 2. The van der Waals surface area contributed by atoms with Crippen LogP contribution in [0.2, 0.25) is 0 Å². The summed E-state index contributed by atoms with van der Waals surface area (Å²) in [5.41, 5.74) is -0.890. The summed E-state index contributed by atoms with van der Waals surface area (Å²) in [5, 5.41) is 1.67. The third-order valence-corrected chi connectivity index (χ3v) is 5.19. The Labute approximate surface area is 175 Å². The molecule has 0 aliphatic carbocycles. The van der Waals surface area contributed by atoms with Crippen LogP contribution in [0, 0.1) is 0 Å². The zero-order valence-electron chi connectivity index (χ0n) is 17.5. The molecule has 8 nitrogen and oxygen atoms in total. The number of benzene rings is 1. The van der Waals surface area contributed by atoms with E-state index >= 15 is 0 Å². The molecule has 1 aromatic carbocycles. The number of thioether (sulfide) groups is 1. The number of hydrogen-bond donors (Lipinski definition) is 0. The zero-order valence-corrected chi connectivity index (χ0v) is 19.2. The number of anilines is 2. The van der Waals surface area contributed by atoms with Crippen molar-refractivity contribution in [2.75, 3.05) is 15.5 Å². The molecule has 1 aliphatic heterocycles. The van der Waals surface area contributed by atoms with Gasteiger partial charge in [0, 0.05) is 11.1 Å². The second-order valence-electron chi connectivity index (χ2n) is 8.41. The summed E-state index contributed by atoms with van der Waals surface area (Å²) in [7, 11) is -3.94. The zero-order chi connectivity index (χ0) is 22.2. The number of fused-ring (bicyclic) bond motifs is 1. The van der Waals surface area contributed by atoms with Crippen LogP contribution in [0.15, 0.2) is 34.7 Å². The van der Waals surface area contributed by atoms with Crippen molar-refractivity contribution in [3.63, 3.8) is 0 Å². The van der Waals surface area contributed by atoms with Crippen molar-refractivity contribution in [1.82, 2.24) is 0 Å². The molecule has 2 amide bonds. The van der Waals surface area contributed by atoms with Gasteiger partial charge in [0.05, 0.1) is 17.6 Å². The van der Waals surface area contributed by atoms with Crippen LogP contribution < -0.4 is 9.21 Å². The number of carbonyl (C=O) groups is 2. The van der Waals surface area contributed by atoms with Crippen molar-refractivity contribution >= 4 is 45.3 Å². The highest BCUT2D eigenvalue weighted by atomic mass is 32.2. The van der Waals surface area contributed by atoms with Crippen LogP contribution in [0.3, 0.4) is 0 Å². The maximum atomic E-state index is 12.5. The molecule has 0 saturated carbocycles. The lowest BCUT2D eigenvalue weighted by Gasteiger charge is -2.29. The Balaban J connectivity index is 2.42. The second kappa shape index (κ2) is 7.91. The van der Waals surface area contributed by atoms with Crippen LogP contribution in [0.5, 0.6) is 0 Å². The molecule has 0 fully saturated rings. The summed E-state index contributed by atoms with van der Waals surface area (Å²) in [5.74, 6) is 0. The summed E-state index contributed by atoms with van der Waals surface area (Å²) in [6.07, 6.45) is 0.940. The first-order valence-corrected chi connectivity index (χ1v) is 11.5. The topological polar surface area (TPSA) is 93.2 Å². The highest BCUT2D eigenvalue weighted by molar-refractivity contribution is 8.02. The number of hydrogen-bond acceptors (Lipinski definition) is 7. The van der Waals surface area contributed by atoms with E-state index in [4.69, 9.17) is 9.47 Å². The van der Waals surface area contributed by atoms with E-state index in [0.717, 1.165) is 6.26 Å². The summed E-state index contributed by atoms with van der Waals surface area (Å²) in [4.78, 5) is 26.9. The van der Waals surface area contributed by atoms with E-state index in [0.29, 0.717) is 14.9 Å². The molecule has 0 bridgehead atoms. The van der Waals surface area contributed by atoms with Crippen LogP contribution in [-0.4, -0.2) is 38.1 Å². The maximum Gasteiger partial charge on any atom is 0.428 e. The van der Waals surface area contributed by atoms with E-state index in [9.17, 15) is 18.0 Å². The van der Waals surface area contributed by atoms with Crippen molar-refractivity contribution < 1.29 is 27.5 Å². The molecule has 0 unspecified atom stereocenters. The van der Waals surface area contributed by atoms with Crippen LogP contribution in [0.4, 0.5) is 21.0 Å². The van der Waals surface area contributed by atoms with E-state index in [1.54, 1.807) is 59.2 Å². The average molecular weight is 443 g/mol. The molecule has 0 atom stereocenters. The number of nitrogens with zero attached hydrogens (tertiary/aromatic N) is 2. The Bertz CT molecular complexity index is 942. The molecule has 1 aliphatic rings. The fraction of sp³-hybridized carbons (Fsp3) is 0.474. The van der Waals surface area contributed by atoms with Gasteiger partial charge in [0.1, 0.15) is 11.2 Å². The highest BCUT2D eigenvalue weighted by Crippen LogP contribution is 2.39. The van der Waals surface area contributed by atoms with E-state index in [2.05, 4.69) is 0 Å². The van der Waals surface area contributed by atoms with Crippen molar-refractivity contribution in [1.29, 1.82) is 0 Å². The van der Waals surface area contributed by atoms with Gasteiger partial charge < -0.3 is 9.47 Å². The van der Waals surface area contributed by atoms with Gasteiger partial charge in [-0.05, 0) is 65.1 Å². The fourth-order valence-corrected chi connectivity index (χ4v) is 3.98. The Morgan fingerprint density at radius 3 is 2.14 bits per heavy atom. The van der Waals surface area contributed by atoms with Crippen molar-refractivity contribution in [3.05, 3.63) is 29.8 Å². The number of carbonyl (C=O) groups excluding carboxylic acids is 2. The lowest BCUT2D eigenvalue weighted by atomic mass is 10.2. The molecule has 0 radical (unpaired) electrons. The molecule has 0 N–H and O–H groups in total. The quantitative estimate of drug-likeness (QED) is 0.655. The first kappa shape index (κ1) is 23.1. The van der Waals surface area contributed by atoms with Crippen molar-refractivity contribution in [3.8, 4) is 0 Å². The minimum atomic E-state index is -3.94.